The lowest BCUT2D eigenvalue weighted by Crippen LogP contribution is -2.46. The minimum Gasteiger partial charge on any atom is -0.497 e. The van der Waals surface area contributed by atoms with Crippen LogP contribution in [0.1, 0.15) is 24.4 Å². The highest BCUT2D eigenvalue weighted by atomic mass is 16.5. The van der Waals surface area contributed by atoms with Crippen LogP contribution < -0.4 is 19.7 Å². The van der Waals surface area contributed by atoms with Crippen LogP contribution >= 0.6 is 0 Å². The van der Waals surface area contributed by atoms with Gasteiger partial charge in [-0.2, -0.15) is 0 Å². The zero-order chi connectivity index (χ0) is 20.9. The summed E-state index contributed by atoms with van der Waals surface area (Å²) in [4.78, 5) is 28.9. The SMILES string of the molecule is COc1ccc([C@H](CNC(=O)CN2C(=O)COc3ccccc32)N2CCCC2)cc1. The number of nitrogens with one attached hydrogen (secondary N) is 1. The Bertz CT molecular complexity index is 894. The topological polar surface area (TPSA) is 71.1 Å². The summed E-state index contributed by atoms with van der Waals surface area (Å²) in [5.41, 5.74) is 1.78. The summed E-state index contributed by atoms with van der Waals surface area (Å²) in [5, 5.41) is 3.04. The first-order valence-electron chi connectivity index (χ1n) is 10.3. The van der Waals surface area contributed by atoms with Gasteiger partial charge in [0.2, 0.25) is 5.91 Å². The van der Waals surface area contributed by atoms with Crippen LogP contribution in [0.5, 0.6) is 11.5 Å². The van der Waals surface area contributed by atoms with Gasteiger partial charge in [0.15, 0.2) is 6.61 Å². The maximum absolute atomic E-state index is 12.7. The number of anilines is 1. The molecule has 2 aliphatic rings. The Kier molecular flexibility index (Phi) is 6.18. The fraction of sp³-hybridized carbons (Fsp3) is 0.391. The average molecular weight is 409 g/mol. The molecule has 1 saturated heterocycles. The van der Waals surface area contributed by atoms with Gasteiger partial charge in [0.25, 0.3) is 5.91 Å². The van der Waals surface area contributed by atoms with Crippen molar-refractivity contribution in [2.75, 3.05) is 44.8 Å². The number of methoxy groups -OCH3 is 1. The molecule has 7 nitrogen and oxygen atoms in total. The average Bonchev–Trinajstić information content (AvgIpc) is 3.31. The smallest absolute Gasteiger partial charge is 0.265 e. The van der Waals surface area contributed by atoms with Gasteiger partial charge in [-0.15, -0.1) is 0 Å². The Morgan fingerprint density at radius 2 is 1.87 bits per heavy atom. The van der Waals surface area contributed by atoms with E-state index in [9.17, 15) is 9.59 Å². The van der Waals surface area contributed by atoms with E-state index in [1.54, 1.807) is 19.2 Å². The van der Waals surface area contributed by atoms with Gasteiger partial charge in [-0.3, -0.25) is 19.4 Å². The summed E-state index contributed by atoms with van der Waals surface area (Å²) in [6, 6.07) is 15.4. The standard InChI is InChI=1S/C23H27N3O4/c1-29-18-10-8-17(9-11-18)20(25-12-4-5-13-25)14-24-22(27)15-26-19-6-2-3-7-21(19)30-16-23(26)28/h2-3,6-11,20H,4-5,12-16H2,1H3,(H,24,27)/t20-/m0/s1. The van der Waals surface area contributed by atoms with Gasteiger partial charge < -0.3 is 14.8 Å². The van der Waals surface area contributed by atoms with E-state index in [1.165, 1.54) is 17.7 Å². The molecule has 2 aliphatic heterocycles. The molecule has 2 amide bonds. The maximum atomic E-state index is 12.7. The molecule has 30 heavy (non-hydrogen) atoms. The molecule has 2 aromatic rings. The Morgan fingerprint density at radius 3 is 2.60 bits per heavy atom. The number of likely N-dealkylation sites (tertiary alicyclic amines) is 1. The minimum atomic E-state index is -0.213. The summed E-state index contributed by atoms with van der Waals surface area (Å²) < 4.78 is 10.7. The van der Waals surface area contributed by atoms with Crippen LogP contribution in [0.15, 0.2) is 48.5 Å². The van der Waals surface area contributed by atoms with Crippen LogP contribution in [0.25, 0.3) is 0 Å². The molecule has 7 heteroatoms. The molecule has 158 valence electrons. The Balaban J connectivity index is 1.43. The Morgan fingerprint density at radius 1 is 1.13 bits per heavy atom. The Hall–Kier alpha value is -3.06. The van der Waals surface area contributed by atoms with Crippen molar-refractivity contribution in [1.29, 1.82) is 0 Å². The lowest BCUT2D eigenvalue weighted by atomic mass is 10.1. The quantitative estimate of drug-likeness (QED) is 0.760. The summed E-state index contributed by atoms with van der Waals surface area (Å²) >= 11 is 0. The molecule has 1 fully saturated rings. The number of carbonyl (C=O) groups is 2. The van der Waals surface area contributed by atoms with Crippen LogP contribution in [0, 0.1) is 0 Å². The zero-order valence-electron chi connectivity index (χ0n) is 17.2. The molecule has 0 bridgehead atoms. The van der Waals surface area contributed by atoms with Crippen molar-refractivity contribution in [2.45, 2.75) is 18.9 Å². The second kappa shape index (κ2) is 9.17. The summed E-state index contributed by atoms with van der Waals surface area (Å²) in [7, 11) is 1.65. The number of fused-ring (bicyclic) bond motifs is 1. The third-order valence-corrected chi connectivity index (χ3v) is 5.68. The molecule has 0 radical (unpaired) electrons. The number of hydrogen-bond acceptors (Lipinski definition) is 5. The van der Waals surface area contributed by atoms with E-state index in [0.29, 0.717) is 18.0 Å². The second-order valence-corrected chi connectivity index (χ2v) is 7.57. The number of nitrogens with zero attached hydrogens (tertiary/aromatic N) is 2. The highest BCUT2D eigenvalue weighted by Gasteiger charge is 2.28. The molecule has 0 spiro atoms. The van der Waals surface area contributed by atoms with Crippen molar-refractivity contribution in [3.8, 4) is 11.5 Å². The molecule has 2 heterocycles. The zero-order valence-corrected chi connectivity index (χ0v) is 17.2. The first-order chi connectivity index (χ1) is 14.7. The van der Waals surface area contributed by atoms with Crippen molar-refractivity contribution >= 4 is 17.5 Å². The van der Waals surface area contributed by atoms with Crippen molar-refractivity contribution in [2.24, 2.45) is 0 Å². The Labute approximate surface area is 176 Å². The highest BCUT2D eigenvalue weighted by Crippen LogP contribution is 2.31. The maximum Gasteiger partial charge on any atom is 0.265 e. The van der Waals surface area contributed by atoms with Crippen LogP contribution in [0.4, 0.5) is 5.69 Å². The van der Waals surface area contributed by atoms with Crippen LogP contribution in [0.3, 0.4) is 0 Å². The monoisotopic (exact) mass is 409 g/mol. The number of hydrogen-bond donors (Lipinski definition) is 1. The van der Waals surface area contributed by atoms with E-state index in [2.05, 4.69) is 22.3 Å². The largest absolute Gasteiger partial charge is 0.497 e. The normalized spacial score (nSPS) is 17.2. The fourth-order valence-electron chi connectivity index (χ4n) is 4.07. The second-order valence-electron chi connectivity index (χ2n) is 7.57. The van der Waals surface area contributed by atoms with Gasteiger partial charge in [0.1, 0.15) is 18.0 Å². The van der Waals surface area contributed by atoms with Gasteiger partial charge in [0.05, 0.1) is 18.8 Å². The van der Waals surface area contributed by atoms with Crippen LogP contribution in [0.2, 0.25) is 0 Å². The van der Waals surface area contributed by atoms with E-state index in [1.807, 2.05) is 24.3 Å². The fourth-order valence-corrected chi connectivity index (χ4v) is 4.07. The highest BCUT2D eigenvalue weighted by molar-refractivity contribution is 6.02. The molecule has 1 N–H and O–H groups in total. The molecule has 4 rings (SSSR count). The van der Waals surface area contributed by atoms with Crippen molar-refractivity contribution in [1.82, 2.24) is 10.2 Å². The lowest BCUT2D eigenvalue weighted by molar-refractivity contribution is -0.125. The van der Waals surface area contributed by atoms with Gasteiger partial charge in [-0.05, 0) is 55.8 Å². The number of para-hydroxylation sites is 2. The number of benzene rings is 2. The summed E-state index contributed by atoms with van der Waals surface area (Å²) in [6.45, 7) is 2.45. The first kappa shape index (κ1) is 20.2. The van der Waals surface area contributed by atoms with Crippen LogP contribution in [-0.2, 0) is 9.59 Å². The molecular formula is C23H27N3O4. The van der Waals surface area contributed by atoms with Crippen molar-refractivity contribution in [3.63, 3.8) is 0 Å². The number of rotatable bonds is 7. The van der Waals surface area contributed by atoms with Gasteiger partial charge in [-0.1, -0.05) is 24.3 Å². The van der Waals surface area contributed by atoms with E-state index in [-0.39, 0.29) is 31.0 Å². The molecule has 2 aromatic carbocycles. The van der Waals surface area contributed by atoms with E-state index in [4.69, 9.17) is 9.47 Å². The summed E-state index contributed by atoms with van der Waals surface area (Å²) in [6.07, 6.45) is 2.33. The molecule has 1 atom stereocenters. The molecule has 0 aliphatic carbocycles. The number of carbonyl (C=O) groups excluding carboxylic acids is 2. The third-order valence-electron chi connectivity index (χ3n) is 5.68. The van der Waals surface area contributed by atoms with Gasteiger partial charge in [0, 0.05) is 6.54 Å². The minimum absolute atomic E-state index is 0.0193. The molecule has 0 saturated carbocycles. The van der Waals surface area contributed by atoms with E-state index in [0.717, 1.165) is 24.4 Å². The van der Waals surface area contributed by atoms with Crippen molar-refractivity contribution < 1.29 is 19.1 Å². The predicted octanol–water partition coefficient (Wildman–Crippen LogP) is 2.37. The summed E-state index contributed by atoms with van der Waals surface area (Å²) in [5.74, 6) is 1.04. The van der Waals surface area contributed by atoms with Crippen LogP contribution in [-0.4, -0.2) is 56.6 Å². The first-order valence-corrected chi connectivity index (χ1v) is 10.3. The molecular weight excluding hydrogens is 382 g/mol. The lowest BCUT2D eigenvalue weighted by Gasteiger charge is -2.30. The number of ether oxygens (including phenoxy) is 2. The van der Waals surface area contributed by atoms with Gasteiger partial charge in [-0.25, -0.2) is 0 Å². The predicted molar refractivity (Wildman–Crippen MR) is 114 cm³/mol. The molecule has 0 unspecified atom stereocenters. The van der Waals surface area contributed by atoms with Gasteiger partial charge >= 0.3 is 0 Å². The van der Waals surface area contributed by atoms with E-state index >= 15 is 0 Å². The number of amides is 2. The van der Waals surface area contributed by atoms with E-state index < -0.39 is 0 Å². The molecule has 0 aromatic heterocycles. The van der Waals surface area contributed by atoms with Crippen molar-refractivity contribution in [3.05, 3.63) is 54.1 Å². The third kappa shape index (κ3) is 4.41.